The lowest BCUT2D eigenvalue weighted by Gasteiger charge is -2.16. The predicted octanol–water partition coefficient (Wildman–Crippen LogP) is 2.78. The lowest BCUT2D eigenvalue weighted by molar-refractivity contribution is -0.131. The van der Waals surface area contributed by atoms with Gasteiger partial charge in [0.1, 0.15) is 0 Å². The Labute approximate surface area is 141 Å². The number of benzene rings is 1. The van der Waals surface area contributed by atoms with Gasteiger partial charge in [-0.2, -0.15) is 0 Å². The van der Waals surface area contributed by atoms with Gasteiger partial charge in [0.2, 0.25) is 11.8 Å². The molecule has 2 aromatic rings. The van der Waals surface area contributed by atoms with Crippen molar-refractivity contribution in [2.75, 3.05) is 19.7 Å². The van der Waals surface area contributed by atoms with Crippen molar-refractivity contribution in [1.82, 2.24) is 15.1 Å². The number of aromatic nitrogens is 2. The molecule has 24 heavy (non-hydrogen) atoms. The zero-order chi connectivity index (χ0) is 16.4. The number of nitrogens with zero attached hydrogens (tertiary/aromatic N) is 3. The van der Waals surface area contributed by atoms with Crippen molar-refractivity contribution in [1.29, 1.82) is 0 Å². The fourth-order valence-corrected chi connectivity index (χ4v) is 3.12. The maximum Gasteiger partial charge on any atom is 0.233 e. The number of amides is 1. The number of hydrogen-bond donors (Lipinski definition) is 0. The molecule has 1 saturated carbocycles. The second-order valence-corrected chi connectivity index (χ2v) is 6.65. The predicted molar refractivity (Wildman–Crippen MR) is 90.4 cm³/mol. The zero-order valence-electron chi connectivity index (χ0n) is 13.6. The van der Waals surface area contributed by atoms with Crippen molar-refractivity contribution in [3.63, 3.8) is 0 Å². The fourth-order valence-electron chi connectivity index (χ4n) is 3.12. The molecule has 1 aromatic heterocycles. The molecule has 124 valence electrons. The molecule has 1 aliphatic heterocycles. The number of rotatable bonds is 5. The summed E-state index contributed by atoms with van der Waals surface area (Å²) in [6, 6.07) is 13.7. The summed E-state index contributed by atoms with van der Waals surface area (Å²) in [5, 5.41) is 8.38. The summed E-state index contributed by atoms with van der Waals surface area (Å²) in [6.45, 7) is 2.26. The van der Waals surface area contributed by atoms with E-state index in [4.69, 9.17) is 4.74 Å². The molecule has 2 aliphatic rings. The van der Waals surface area contributed by atoms with Gasteiger partial charge in [-0.3, -0.25) is 4.79 Å². The minimum absolute atomic E-state index is 0.307. The second kappa shape index (κ2) is 6.59. The highest BCUT2D eigenvalue weighted by Crippen LogP contribution is 2.33. The second-order valence-electron chi connectivity index (χ2n) is 6.65. The van der Waals surface area contributed by atoms with Crippen molar-refractivity contribution in [2.24, 2.45) is 11.8 Å². The summed E-state index contributed by atoms with van der Waals surface area (Å²) >= 11 is 0. The normalized spacial score (nSPS) is 20.2. The van der Waals surface area contributed by atoms with Crippen molar-refractivity contribution < 1.29 is 9.53 Å². The molecule has 0 radical (unpaired) electrons. The largest absolute Gasteiger partial charge is 0.476 e. The number of carbonyl (C=O) groups is 1. The quantitative estimate of drug-likeness (QED) is 0.849. The lowest BCUT2D eigenvalue weighted by atomic mass is 10.1. The average molecular weight is 323 g/mol. The fraction of sp³-hybridized carbons (Fsp3) is 0.421. The molecule has 2 fully saturated rings. The van der Waals surface area contributed by atoms with Crippen molar-refractivity contribution >= 4 is 5.91 Å². The SMILES string of the molecule is O=C(C1CC1)N1CCC(COc2ccc(-c3ccccc3)nn2)C1. The first-order valence-corrected chi connectivity index (χ1v) is 8.60. The van der Waals surface area contributed by atoms with E-state index in [1.54, 1.807) is 0 Å². The van der Waals surface area contributed by atoms with Crippen LogP contribution >= 0.6 is 0 Å². The van der Waals surface area contributed by atoms with Crippen LogP contribution in [0, 0.1) is 11.8 Å². The van der Waals surface area contributed by atoms with Gasteiger partial charge in [-0.25, -0.2) is 0 Å². The van der Waals surface area contributed by atoms with Gasteiger partial charge in [0.25, 0.3) is 0 Å². The van der Waals surface area contributed by atoms with E-state index >= 15 is 0 Å². The molecule has 2 heterocycles. The van der Waals surface area contributed by atoms with Crippen LogP contribution < -0.4 is 4.74 Å². The molecule has 1 atom stereocenters. The van der Waals surface area contributed by atoms with Crippen LogP contribution in [0.25, 0.3) is 11.3 Å². The first-order valence-electron chi connectivity index (χ1n) is 8.60. The van der Waals surface area contributed by atoms with Crippen LogP contribution in [0.3, 0.4) is 0 Å². The van der Waals surface area contributed by atoms with E-state index in [-0.39, 0.29) is 0 Å². The number of hydrogen-bond acceptors (Lipinski definition) is 4. The van der Waals surface area contributed by atoms with E-state index in [1.807, 2.05) is 47.4 Å². The Hall–Kier alpha value is -2.43. The van der Waals surface area contributed by atoms with E-state index in [1.165, 1.54) is 0 Å². The van der Waals surface area contributed by atoms with Crippen molar-refractivity contribution in [2.45, 2.75) is 19.3 Å². The molecule has 1 amide bonds. The van der Waals surface area contributed by atoms with Crippen molar-refractivity contribution in [3.8, 4) is 17.1 Å². The molecule has 1 aromatic carbocycles. The molecule has 0 spiro atoms. The summed E-state index contributed by atoms with van der Waals surface area (Å²) in [5.41, 5.74) is 1.88. The summed E-state index contributed by atoms with van der Waals surface area (Å²) in [5.74, 6) is 1.58. The molecule has 1 unspecified atom stereocenters. The highest BCUT2D eigenvalue weighted by Gasteiger charge is 2.36. The van der Waals surface area contributed by atoms with Crippen LogP contribution in [0.1, 0.15) is 19.3 Å². The first-order chi connectivity index (χ1) is 11.8. The summed E-state index contributed by atoms with van der Waals surface area (Å²) in [6.07, 6.45) is 3.15. The maximum absolute atomic E-state index is 12.1. The topological polar surface area (TPSA) is 55.3 Å². The van der Waals surface area contributed by atoms with Crippen LogP contribution in [0.4, 0.5) is 0 Å². The Morgan fingerprint density at radius 2 is 1.92 bits per heavy atom. The van der Waals surface area contributed by atoms with Gasteiger partial charge in [-0.05, 0) is 25.3 Å². The maximum atomic E-state index is 12.1. The van der Waals surface area contributed by atoms with Gasteiger partial charge < -0.3 is 9.64 Å². The zero-order valence-corrected chi connectivity index (χ0v) is 13.6. The summed E-state index contributed by atoms with van der Waals surface area (Å²) in [7, 11) is 0. The first kappa shape index (κ1) is 15.1. The lowest BCUT2D eigenvalue weighted by Crippen LogP contribution is -2.30. The molecule has 0 N–H and O–H groups in total. The highest BCUT2D eigenvalue weighted by atomic mass is 16.5. The molecule has 5 nitrogen and oxygen atoms in total. The van der Waals surface area contributed by atoms with Gasteiger partial charge in [-0.15, -0.1) is 10.2 Å². The van der Waals surface area contributed by atoms with E-state index in [0.717, 1.165) is 43.6 Å². The van der Waals surface area contributed by atoms with Crippen LogP contribution in [0.15, 0.2) is 42.5 Å². The highest BCUT2D eigenvalue weighted by molar-refractivity contribution is 5.81. The molecular formula is C19H21N3O2. The van der Waals surface area contributed by atoms with Crippen LogP contribution in [-0.4, -0.2) is 40.7 Å². The van der Waals surface area contributed by atoms with Gasteiger partial charge in [-0.1, -0.05) is 30.3 Å². The third kappa shape index (κ3) is 3.40. The van der Waals surface area contributed by atoms with Gasteiger partial charge in [0.05, 0.1) is 12.3 Å². The Kier molecular flexibility index (Phi) is 4.15. The van der Waals surface area contributed by atoms with E-state index < -0.39 is 0 Å². The minimum atomic E-state index is 0.307. The van der Waals surface area contributed by atoms with Gasteiger partial charge in [0.15, 0.2) is 0 Å². The van der Waals surface area contributed by atoms with Crippen LogP contribution in [0.2, 0.25) is 0 Å². The molecule has 4 rings (SSSR count). The standard InChI is InChI=1S/C19H21N3O2/c23-19(16-6-7-16)22-11-10-14(12-22)13-24-18-9-8-17(20-21-18)15-4-2-1-3-5-15/h1-5,8-9,14,16H,6-7,10-13H2. The Bertz CT molecular complexity index is 698. The van der Waals surface area contributed by atoms with E-state index in [2.05, 4.69) is 10.2 Å². The molecule has 5 heteroatoms. The third-order valence-electron chi connectivity index (χ3n) is 4.70. The smallest absolute Gasteiger partial charge is 0.233 e. The van der Waals surface area contributed by atoms with Gasteiger partial charge >= 0.3 is 0 Å². The summed E-state index contributed by atoms with van der Waals surface area (Å²) in [4.78, 5) is 14.1. The third-order valence-corrected chi connectivity index (χ3v) is 4.70. The minimum Gasteiger partial charge on any atom is -0.476 e. The Morgan fingerprint density at radius 1 is 1.08 bits per heavy atom. The Morgan fingerprint density at radius 3 is 2.62 bits per heavy atom. The van der Waals surface area contributed by atoms with E-state index in [0.29, 0.717) is 30.2 Å². The number of likely N-dealkylation sites (tertiary alicyclic amines) is 1. The number of carbonyl (C=O) groups excluding carboxylic acids is 1. The number of ether oxygens (including phenoxy) is 1. The average Bonchev–Trinajstić information content (AvgIpc) is 3.38. The van der Waals surface area contributed by atoms with Crippen LogP contribution in [0.5, 0.6) is 5.88 Å². The van der Waals surface area contributed by atoms with E-state index in [9.17, 15) is 4.79 Å². The van der Waals surface area contributed by atoms with Crippen molar-refractivity contribution in [3.05, 3.63) is 42.5 Å². The Balaban J connectivity index is 1.29. The monoisotopic (exact) mass is 323 g/mol. The molecule has 1 saturated heterocycles. The summed E-state index contributed by atoms with van der Waals surface area (Å²) < 4.78 is 5.77. The molecular weight excluding hydrogens is 302 g/mol. The van der Waals surface area contributed by atoms with Gasteiger partial charge in [0, 0.05) is 36.6 Å². The molecule has 1 aliphatic carbocycles. The van der Waals surface area contributed by atoms with Crippen LogP contribution in [-0.2, 0) is 4.79 Å². The molecule has 0 bridgehead atoms.